The van der Waals surface area contributed by atoms with Crippen LogP contribution in [0.15, 0.2) is 45.8 Å². The number of amides is 1. The molecule has 0 unspecified atom stereocenters. The van der Waals surface area contributed by atoms with E-state index in [2.05, 4.69) is 27.4 Å². The summed E-state index contributed by atoms with van der Waals surface area (Å²) in [6.07, 6.45) is 1.76. The van der Waals surface area contributed by atoms with Gasteiger partial charge in [0.2, 0.25) is 11.0 Å². The topological polar surface area (TPSA) is 67.8 Å². The Kier molecular flexibility index (Phi) is 5.47. The van der Waals surface area contributed by atoms with Crippen molar-refractivity contribution in [1.82, 2.24) is 15.2 Å². The number of fused-ring (bicyclic) bond motifs is 1. The number of aromatic nitrogens is 3. The molecule has 0 radical (unpaired) electrons. The average molecular weight is 363 g/mol. The van der Waals surface area contributed by atoms with E-state index in [-0.39, 0.29) is 5.91 Å². The van der Waals surface area contributed by atoms with Crippen LogP contribution in [0.25, 0.3) is 10.9 Å². The number of benzene rings is 1. The van der Waals surface area contributed by atoms with Crippen LogP contribution in [0.3, 0.4) is 0 Å². The molecule has 5 nitrogen and oxygen atoms in total. The summed E-state index contributed by atoms with van der Waals surface area (Å²) in [5.41, 5.74) is 0.922. The highest BCUT2D eigenvalue weighted by atomic mass is 32.2. The standard InChI is InChI=1S/C15H14N4OS3/c1-2-21-15-19-18-14(23-15)17-12(20)9-22-11-7-3-5-10-6-4-8-16-13(10)11/h3-8H,2,9H2,1H3,(H,17,18,20). The van der Waals surface area contributed by atoms with Gasteiger partial charge in [0, 0.05) is 16.5 Å². The second-order valence-corrected chi connectivity index (χ2v) is 7.98. The van der Waals surface area contributed by atoms with Crippen molar-refractivity contribution in [2.45, 2.75) is 16.2 Å². The van der Waals surface area contributed by atoms with Crippen LogP contribution in [-0.4, -0.2) is 32.6 Å². The van der Waals surface area contributed by atoms with Gasteiger partial charge >= 0.3 is 0 Å². The minimum atomic E-state index is -0.0906. The fourth-order valence-electron chi connectivity index (χ4n) is 1.93. The van der Waals surface area contributed by atoms with Crippen molar-refractivity contribution in [2.24, 2.45) is 0 Å². The molecule has 0 saturated heterocycles. The number of hydrogen-bond acceptors (Lipinski definition) is 7. The first-order valence-electron chi connectivity index (χ1n) is 6.99. The maximum Gasteiger partial charge on any atom is 0.236 e. The summed E-state index contributed by atoms with van der Waals surface area (Å²) < 4.78 is 0.869. The fraction of sp³-hybridized carbons (Fsp3) is 0.200. The van der Waals surface area contributed by atoms with Gasteiger partial charge in [0.15, 0.2) is 4.34 Å². The van der Waals surface area contributed by atoms with Crippen LogP contribution in [-0.2, 0) is 4.79 Å². The first-order valence-corrected chi connectivity index (χ1v) is 9.77. The van der Waals surface area contributed by atoms with Crippen LogP contribution in [0, 0.1) is 0 Å². The number of carbonyl (C=O) groups excluding carboxylic acids is 1. The molecule has 0 atom stereocenters. The lowest BCUT2D eigenvalue weighted by Crippen LogP contribution is -2.13. The minimum Gasteiger partial charge on any atom is -0.300 e. The quantitative estimate of drug-likeness (QED) is 0.529. The Morgan fingerprint density at radius 3 is 2.96 bits per heavy atom. The largest absolute Gasteiger partial charge is 0.300 e. The number of hydrogen-bond donors (Lipinski definition) is 1. The molecule has 3 rings (SSSR count). The van der Waals surface area contributed by atoms with E-state index in [0.29, 0.717) is 10.9 Å². The van der Waals surface area contributed by atoms with Gasteiger partial charge in [-0.25, -0.2) is 0 Å². The number of carbonyl (C=O) groups is 1. The number of thioether (sulfide) groups is 2. The van der Waals surface area contributed by atoms with Gasteiger partial charge in [-0.05, 0) is 17.9 Å². The lowest BCUT2D eigenvalue weighted by Gasteiger charge is -2.05. The molecule has 118 valence electrons. The lowest BCUT2D eigenvalue weighted by atomic mass is 10.2. The van der Waals surface area contributed by atoms with Crippen molar-refractivity contribution in [3.05, 3.63) is 36.5 Å². The number of rotatable bonds is 6. The highest BCUT2D eigenvalue weighted by Gasteiger charge is 2.10. The van der Waals surface area contributed by atoms with E-state index in [1.165, 1.54) is 23.1 Å². The fourth-order valence-corrected chi connectivity index (χ4v) is 4.44. The second-order valence-electron chi connectivity index (χ2n) is 4.47. The third kappa shape index (κ3) is 4.21. The van der Waals surface area contributed by atoms with Crippen LogP contribution in [0.1, 0.15) is 6.92 Å². The van der Waals surface area contributed by atoms with E-state index in [1.54, 1.807) is 18.0 Å². The van der Waals surface area contributed by atoms with Crippen LogP contribution in [0.5, 0.6) is 0 Å². The Balaban J connectivity index is 1.61. The SMILES string of the molecule is CCSc1nnc(NC(=O)CSc2cccc3cccnc23)s1. The van der Waals surface area contributed by atoms with Crippen molar-refractivity contribution in [3.8, 4) is 0 Å². The lowest BCUT2D eigenvalue weighted by molar-refractivity contribution is -0.113. The molecule has 0 aliphatic heterocycles. The molecule has 23 heavy (non-hydrogen) atoms. The number of nitrogens with zero attached hydrogens (tertiary/aromatic N) is 3. The van der Waals surface area contributed by atoms with Crippen LogP contribution in [0.4, 0.5) is 5.13 Å². The molecule has 0 fully saturated rings. The first kappa shape index (κ1) is 16.2. The summed E-state index contributed by atoms with van der Waals surface area (Å²) in [5, 5.41) is 12.4. The zero-order chi connectivity index (χ0) is 16.1. The number of para-hydroxylation sites is 1. The van der Waals surface area contributed by atoms with Crippen molar-refractivity contribution in [3.63, 3.8) is 0 Å². The smallest absolute Gasteiger partial charge is 0.236 e. The molecule has 1 N–H and O–H groups in total. The van der Waals surface area contributed by atoms with E-state index < -0.39 is 0 Å². The number of nitrogens with one attached hydrogen (secondary N) is 1. The number of anilines is 1. The molecule has 1 amide bonds. The van der Waals surface area contributed by atoms with E-state index >= 15 is 0 Å². The molecule has 3 aromatic rings. The molecular formula is C15H14N4OS3. The Bertz CT molecular complexity index is 816. The van der Waals surface area contributed by atoms with E-state index in [0.717, 1.165) is 25.9 Å². The van der Waals surface area contributed by atoms with Crippen molar-refractivity contribution in [1.29, 1.82) is 0 Å². The summed E-state index contributed by atoms with van der Waals surface area (Å²) in [7, 11) is 0. The molecular weight excluding hydrogens is 348 g/mol. The molecule has 1 aromatic carbocycles. The second kappa shape index (κ2) is 7.76. The van der Waals surface area contributed by atoms with Gasteiger partial charge in [-0.3, -0.25) is 15.1 Å². The summed E-state index contributed by atoms with van der Waals surface area (Å²) >= 11 is 4.48. The van der Waals surface area contributed by atoms with Crippen LogP contribution < -0.4 is 5.32 Å². The van der Waals surface area contributed by atoms with Gasteiger partial charge in [0.05, 0.1) is 11.3 Å². The maximum atomic E-state index is 12.1. The van der Waals surface area contributed by atoms with Crippen LogP contribution in [0.2, 0.25) is 0 Å². The summed E-state index contributed by atoms with van der Waals surface area (Å²) in [6, 6.07) is 9.89. The van der Waals surface area contributed by atoms with Crippen molar-refractivity contribution < 1.29 is 4.79 Å². The molecule has 0 spiro atoms. The zero-order valence-electron chi connectivity index (χ0n) is 12.4. The van der Waals surface area contributed by atoms with Gasteiger partial charge in [-0.1, -0.05) is 48.2 Å². The number of pyridine rings is 1. The highest BCUT2D eigenvalue weighted by Crippen LogP contribution is 2.27. The molecule has 2 heterocycles. The molecule has 0 aliphatic rings. The van der Waals surface area contributed by atoms with E-state index in [9.17, 15) is 4.79 Å². The summed E-state index contributed by atoms with van der Waals surface area (Å²) in [6.45, 7) is 2.05. The van der Waals surface area contributed by atoms with Gasteiger partial charge in [-0.2, -0.15) is 0 Å². The zero-order valence-corrected chi connectivity index (χ0v) is 14.8. The molecule has 0 aliphatic carbocycles. The predicted molar refractivity (Wildman–Crippen MR) is 97.4 cm³/mol. The third-order valence-electron chi connectivity index (χ3n) is 2.88. The Morgan fingerprint density at radius 2 is 2.09 bits per heavy atom. The van der Waals surface area contributed by atoms with E-state index in [4.69, 9.17) is 0 Å². The van der Waals surface area contributed by atoms with Gasteiger partial charge < -0.3 is 0 Å². The maximum absolute atomic E-state index is 12.1. The summed E-state index contributed by atoms with van der Waals surface area (Å²) in [4.78, 5) is 17.5. The molecule has 8 heteroatoms. The molecule has 2 aromatic heterocycles. The predicted octanol–water partition coefficient (Wildman–Crippen LogP) is 3.93. The molecule has 0 saturated carbocycles. The first-order chi connectivity index (χ1) is 11.3. The van der Waals surface area contributed by atoms with E-state index in [1.807, 2.05) is 30.3 Å². The minimum absolute atomic E-state index is 0.0906. The van der Waals surface area contributed by atoms with Gasteiger partial charge in [0.1, 0.15) is 0 Å². The Hall–Kier alpha value is -1.64. The van der Waals surface area contributed by atoms with Crippen molar-refractivity contribution >= 4 is 56.8 Å². The molecule has 0 bridgehead atoms. The van der Waals surface area contributed by atoms with Gasteiger partial charge in [0.25, 0.3) is 0 Å². The van der Waals surface area contributed by atoms with Gasteiger partial charge in [-0.15, -0.1) is 22.0 Å². The highest BCUT2D eigenvalue weighted by molar-refractivity contribution is 8.01. The normalized spacial score (nSPS) is 10.8. The monoisotopic (exact) mass is 362 g/mol. The van der Waals surface area contributed by atoms with Crippen LogP contribution >= 0.6 is 34.9 Å². The van der Waals surface area contributed by atoms with Crippen molar-refractivity contribution in [2.75, 3.05) is 16.8 Å². The summed E-state index contributed by atoms with van der Waals surface area (Å²) in [5.74, 6) is 1.16. The Labute approximate surface area is 146 Å². The Morgan fingerprint density at radius 1 is 1.22 bits per heavy atom. The third-order valence-corrected chi connectivity index (χ3v) is 5.78. The average Bonchev–Trinajstić information content (AvgIpc) is 3.00.